The largest absolute Gasteiger partial charge is 0.481 e. The minimum absolute atomic E-state index is 0.286. The topological polar surface area (TPSA) is 87.2 Å². The maximum Gasteiger partial charge on any atom is 0.306 e. The summed E-state index contributed by atoms with van der Waals surface area (Å²) in [6.07, 6.45) is 2.07. The molecule has 0 aliphatic carbocycles. The summed E-state index contributed by atoms with van der Waals surface area (Å²) in [5.74, 6) is -0.868. The molecule has 0 aromatic rings. The predicted octanol–water partition coefficient (Wildman–Crippen LogP) is 1.16. The zero-order valence-electron chi connectivity index (χ0n) is 14.2. The Kier molecular flexibility index (Phi) is 5.71. The second-order valence-corrected chi connectivity index (χ2v) is 9.20. The standard InChI is InChI=1S/C15H28N2O5S/c1-12(14(18)19)10-13-4-6-16(7-5-13)23(20,21)17-8-9-22-15(2,3)11-17/h12-13H,4-11H2,1-3H3,(H,18,19). The second-order valence-electron chi connectivity index (χ2n) is 7.27. The number of morpholine rings is 1. The van der Waals surface area contributed by atoms with Crippen molar-refractivity contribution in [3.8, 4) is 0 Å². The lowest BCUT2D eigenvalue weighted by Crippen LogP contribution is -2.55. The summed E-state index contributed by atoms with van der Waals surface area (Å²) >= 11 is 0. The number of carboxylic acids is 1. The van der Waals surface area contributed by atoms with Crippen LogP contribution in [0.15, 0.2) is 0 Å². The molecule has 1 atom stereocenters. The number of carbonyl (C=O) groups is 1. The summed E-state index contributed by atoms with van der Waals surface area (Å²) in [6, 6.07) is 0. The van der Waals surface area contributed by atoms with Crippen LogP contribution in [0.2, 0.25) is 0 Å². The van der Waals surface area contributed by atoms with Crippen LogP contribution in [0.4, 0.5) is 0 Å². The monoisotopic (exact) mass is 348 g/mol. The third-order valence-electron chi connectivity index (χ3n) is 4.73. The van der Waals surface area contributed by atoms with Gasteiger partial charge in [0.15, 0.2) is 0 Å². The Labute approximate surface area is 138 Å². The summed E-state index contributed by atoms with van der Waals surface area (Å²) in [4.78, 5) is 10.9. The second kappa shape index (κ2) is 7.04. The van der Waals surface area contributed by atoms with Gasteiger partial charge in [0.2, 0.25) is 0 Å². The minimum Gasteiger partial charge on any atom is -0.481 e. The fourth-order valence-corrected chi connectivity index (χ4v) is 5.09. The van der Waals surface area contributed by atoms with Crippen LogP contribution >= 0.6 is 0 Å². The Hall–Kier alpha value is -0.700. The lowest BCUT2D eigenvalue weighted by atomic mass is 9.89. The van der Waals surface area contributed by atoms with Gasteiger partial charge in [0.05, 0.1) is 18.1 Å². The number of hydrogen-bond acceptors (Lipinski definition) is 4. The molecule has 0 amide bonds. The molecule has 2 rings (SSSR count). The van der Waals surface area contributed by atoms with Crippen LogP contribution in [0.25, 0.3) is 0 Å². The molecule has 2 fully saturated rings. The van der Waals surface area contributed by atoms with Crippen LogP contribution in [0.3, 0.4) is 0 Å². The number of carboxylic acid groups (broad SMARTS) is 1. The third-order valence-corrected chi connectivity index (χ3v) is 6.71. The molecule has 7 nitrogen and oxygen atoms in total. The van der Waals surface area contributed by atoms with Gasteiger partial charge in [-0.1, -0.05) is 6.92 Å². The minimum atomic E-state index is -3.45. The van der Waals surface area contributed by atoms with Gasteiger partial charge < -0.3 is 9.84 Å². The van der Waals surface area contributed by atoms with Gasteiger partial charge in [-0.25, -0.2) is 0 Å². The van der Waals surface area contributed by atoms with Crippen LogP contribution in [0.1, 0.15) is 40.0 Å². The van der Waals surface area contributed by atoms with Crippen molar-refractivity contribution in [2.75, 3.05) is 32.8 Å². The molecular formula is C15H28N2O5S. The highest BCUT2D eigenvalue weighted by Crippen LogP contribution is 2.28. The van der Waals surface area contributed by atoms with E-state index in [-0.39, 0.29) is 11.8 Å². The highest BCUT2D eigenvalue weighted by molar-refractivity contribution is 7.86. The maximum atomic E-state index is 12.8. The van der Waals surface area contributed by atoms with Gasteiger partial charge in [-0.2, -0.15) is 17.0 Å². The van der Waals surface area contributed by atoms with Crippen molar-refractivity contribution < 1.29 is 23.1 Å². The number of ether oxygens (including phenoxy) is 1. The molecule has 0 radical (unpaired) electrons. The molecular weight excluding hydrogens is 320 g/mol. The first kappa shape index (κ1) is 18.6. The van der Waals surface area contributed by atoms with Gasteiger partial charge in [-0.15, -0.1) is 0 Å². The highest BCUT2D eigenvalue weighted by atomic mass is 32.2. The van der Waals surface area contributed by atoms with Crippen LogP contribution < -0.4 is 0 Å². The van der Waals surface area contributed by atoms with Gasteiger partial charge in [-0.3, -0.25) is 4.79 Å². The van der Waals surface area contributed by atoms with E-state index in [0.29, 0.717) is 39.2 Å². The molecule has 23 heavy (non-hydrogen) atoms. The van der Waals surface area contributed by atoms with Crippen LogP contribution in [-0.2, 0) is 19.7 Å². The average Bonchev–Trinajstić information content (AvgIpc) is 2.46. The van der Waals surface area contributed by atoms with Crippen LogP contribution in [-0.4, -0.2) is 66.5 Å². The average molecular weight is 348 g/mol. The van der Waals surface area contributed by atoms with Crippen molar-refractivity contribution in [3.63, 3.8) is 0 Å². The van der Waals surface area contributed by atoms with E-state index in [1.165, 1.54) is 8.61 Å². The van der Waals surface area contributed by atoms with Crippen molar-refractivity contribution in [2.24, 2.45) is 11.8 Å². The van der Waals surface area contributed by atoms with E-state index in [4.69, 9.17) is 9.84 Å². The fraction of sp³-hybridized carbons (Fsp3) is 0.933. The van der Waals surface area contributed by atoms with Gasteiger partial charge in [0, 0.05) is 26.2 Å². The first-order valence-corrected chi connectivity index (χ1v) is 9.63. The smallest absolute Gasteiger partial charge is 0.306 e. The Morgan fingerprint density at radius 3 is 2.39 bits per heavy atom. The van der Waals surface area contributed by atoms with Crippen molar-refractivity contribution in [1.29, 1.82) is 0 Å². The molecule has 0 aromatic heterocycles. The number of piperidine rings is 1. The number of hydrogen-bond donors (Lipinski definition) is 1. The summed E-state index contributed by atoms with van der Waals surface area (Å²) in [6.45, 7) is 7.61. The lowest BCUT2D eigenvalue weighted by Gasteiger charge is -2.41. The van der Waals surface area contributed by atoms with Gasteiger partial charge in [0.1, 0.15) is 0 Å². The van der Waals surface area contributed by atoms with Crippen molar-refractivity contribution >= 4 is 16.2 Å². The quantitative estimate of drug-likeness (QED) is 0.806. The molecule has 0 aromatic carbocycles. The van der Waals surface area contributed by atoms with Gasteiger partial charge in [0.25, 0.3) is 10.2 Å². The highest BCUT2D eigenvalue weighted by Gasteiger charge is 2.38. The van der Waals surface area contributed by atoms with E-state index < -0.39 is 21.8 Å². The predicted molar refractivity (Wildman–Crippen MR) is 86.2 cm³/mol. The Morgan fingerprint density at radius 2 is 1.87 bits per heavy atom. The molecule has 0 saturated carbocycles. The Morgan fingerprint density at radius 1 is 1.26 bits per heavy atom. The molecule has 8 heteroatoms. The first-order valence-electron chi connectivity index (χ1n) is 8.24. The molecule has 134 valence electrons. The van der Waals surface area contributed by atoms with Gasteiger partial charge in [-0.05, 0) is 39.0 Å². The molecule has 0 bridgehead atoms. The van der Waals surface area contributed by atoms with Crippen LogP contribution in [0.5, 0.6) is 0 Å². The number of nitrogens with zero attached hydrogens (tertiary/aromatic N) is 2. The van der Waals surface area contributed by atoms with E-state index in [1.54, 1.807) is 6.92 Å². The summed E-state index contributed by atoms with van der Waals surface area (Å²) in [7, 11) is -3.45. The number of aliphatic carboxylic acids is 1. The zero-order chi connectivity index (χ0) is 17.3. The van der Waals surface area contributed by atoms with Crippen molar-refractivity contribution in [3.05, 3.63) is 0 Å². The van der Waals surface area contributed by atoms with Gasteiger partial charge >= 0.3 is 5.97 Å². The molecule has 2 aliphatic heterocycles. The van der Waals surface area contributed by atoms with E-state index >= 15 is 0 Å². The molecule has 0 spiro atoms. The molecule has 2 aliphatic rings. The molecule has 2 heterocycles. The molecule has 1 unspecified atom stereocenters. The zero-order valence-corrected chi connectivity index (χ0v) is 15.0. The summed E-state index contributed by atoms with van der Waals surface area (Å²) in [5, 5.41) is 8.99. The molecule has 2 saturated heterocycles. The van der Waals surface area contributed by atoms with E-state index in [1.807, 2.05) is 13.8 Å². The third kappa shape index (κ3) is 4.65. The van der Waals surface area contributed by atoms with E-state index in [9.17, 15) is 13.2 Å². The fourth-order valence-electron chi connectivity index (χ4n) is 3.31. The Bertz CT molecular complexity index is 526. The Balaban J connectivity index is 1.92. The van der Waals surface area contributed by atoms with Crippen molar-refractivity contribution in [2.45, 2.75) is 45.6 Å². The normalized spacial score (nSPS) is 26.0. The SMILES string of the molecule is CC(CC1CCN(S(=O)(=O)N2CCOC(C)(C)C2)CC1)C(=O)O. The van der Waals surface area contributed by atoms with Crippen LogP contribution in [0, 0.1) is 11.8 Å². The first-order chi connectivity index (χ1) is 10.6. The summed E-state index contributed by atoms with van der Waals surface area (Å²) < 4.78 is 34.2. The van der Waals surface area contributed by atoms with E-state index in [2.05, 4.69) is 0 Å². The van der Waals surface area contributed by atoms with Crippen molar-refractivity contribution in [1.82, 2.24) is 8.61 Å². The number of rotatable bonds is 5. The lowest BCUT2D eigenvalue weighted by molar-refractivity contribution is -0.141. The maximum absolute atomic E-state index is 12.8. The molecule has 1 N–H and O–H groups in total. The van der Waals surface area contributed by atoms with E-state index in [0.717, 1.165) is 12.8 Å². The summed E-state index contributed by atoms with van der Waals surface area (Å²) in [5.41, 5.74) is -0.458.